The van der Waals surface area contributed by atoms with Crippen molar-refractivity contribution < 1.29 is 9.53 Å². The minimum Gasteiger partial charge on any atom is -0.378 e. The van der Waals surface area contributed by atoms with E-state index < -0.39 is 0 Å². The maximum atomic E-state index is 12.2. The Hall–Kier alpha value is -0.610. The molecule has 0 aromatic heterocycles. The van der Waals surface area contributed by atoms with Crippen molar-refractivity contribution in [2.24, 2.45) is 5.92 Å². The molecule has 110 valence electrons. The molecule has 1 atom stereocenters. The Balaban J connectivity index is 1.77. The van der Waals surface area contributed by atoms with Gasteiger partial charge in [-0.15, -0.1) is 0 Å². The molecule has 4 nitrogen and oxygen atoms in total. The van der Waals surface area contributed by atoms with Gasteiger partial charge in [0.05, 0.1) is 12.0 Å². The number of hydrogen-bond donors (Lipinski definition) is 1. The highest BCUT2D eigenvalue weighted by molar-refractivity contribution is 5.77. The molecule has 0 spiro atoms. The predicted molar refractivity (Wildman–Crippen MR) is 76.0 cm³/mol. The molecule has 19 heavy (non-hydrogen) atoms. The van der Waals surface area contributed by atoms with Crippen molar-refractivity contribution in [1.82, 2.24) is 10.2 Å². The quantitative estimate of drug-likeness (QED) is 0.845. The van der Waals surface area contributed by atoms with Crippen LogP contribution in [-0.4, -0.2) is 49.2 Å². The van der Waals surface area contributed by atoms with Crippen molar-refractivity contribution in [3.05, 3.63) is 0 Å². The maximum Gasteiger partial charge on any atom is 0.225 e. The van der Waals surface area contributed by atoms with E-state index in [0.29, 0.717) is 12.5 Å². The van der Waals surface area contributed by atoms with E-state index in [1.165, 1.54) is 19.4 Å². The topological polar surface area (TPSA) is 41.6 Å². The summed E-state index contributed by atoms with van der Waals surface area (Å²) in [6, 6.07) is 0.702. The number of piperidine rings is 1. The lowest BCUT2D eigenvalue weighted by Crippen LogP contribution is -2.45. The first-order valence-corrected chi connectivity index (χ1v) is 7.58. The summed E-state index contributed by atoms with van der Waals surface area (Å²) in [5.74, 6) is 1.01. The number of hydrogen-bond acceptors (Lipinski definition) is 3. The predicted octanol–water partition coefficient (Wildman–Crippen LogP) is 1.79. The molecule has 0 bridgehead atoms. The highest BCUT2D eigenvalue weighted by atomic mass is 16.5. The van der Waals surface area contributed by atoms with E-state index in [4.69, 9.17) is 4.74 Å². The summed E-state index contributed by atoms with van der Waals surface area (Å²) in [6.45, 7) is 6.95. The number of nitrogens with zero attached hydrogens (tertiary/aromatic N) is 1. The van der Waals surface area contributed by atoms with E-state index in [1.54, 1.807) is 7.11 Å². The van der Waals surface area contributed by atoms with E-state index >= 15 is 0 Å². The van der Waals surface area contributed by atoms with Crippen molar-refractivity contribution in [2.75, 3.05) is 26.7 Å². The van der Waals surface area contributed by atoms with Gasteiger partial charge in [0, 0.05) is 26.2 Å². The molecule has 2 saturated heterocycles. The number of amides is 1. The van der Waals surface area contributed by atoms with E-state index in [2.05, 4.69) is 5.32 Å². The van der Waals surface area contributed by atoms with Crippen LogP contribution in [0.1, 0.15) is 46.0 Å². The number of likely N-dealkylation sites (tertiary alicyclic amines) is 1. The highest BCUT2D eigenvalue weighted by Crippen LogP contribution is 2.26. The first-order valence-electron chi connectivity index (χ1n) is 7.58. The van der Waals surface area contributed by atoms with Gasteiger partial charge in [0.2, 0.25) is 5.91 Å². The van der Waals surface area contributed by atoms with Gasteiger partial charge in [0.25, 0.3) is 0 Å². The number of rotatable bonds is 4. The largest absolute Gasteiger partial charge is 0.378 e. The van der Waals surface area contributed by atoms with Crippen molar-refractivity contribution in [1.29, 1.82) is 0 Å². The average Bonchev–Trinajstić information content (AvgIpc) is 2.92. The minimum atomic E-state index is -0.346. The van der Waals surface area contributed by atoms with Crippen LogP contribution in [0.15, 0.2) is 0 Å². The molecule has 0 aromatic rings. The Kier molecular flexibility index (Phi) is 4.85. The Bertz CT molecular complexity index is 303. The smallest absolute Gasteiger partial charge is 0.225 e. The van der Waals surface area contributed by atoms with Crippen LogP contribution in [0.3, 0.4) is 0 Å². The van der Waals surface area contributed by atoms with Gasteiger partial charge in [-0.05, 0) is 52.0 Å². The van der Waals surface area contributed by atoms with Crippen LogP contribution < -0.4 is 5.32 Å². The van der Waals surface area contributed by atoms with Crippen LogP contribution in [0.4, 0.5) is 0 Å². The number of methoxy groups -OCH3 is 1. The van der Waals surface area contributed by atoms with Crippen LogP contribution in [-0.2, 0) is 9.53 Å². The third-order valence-corrected chi connectivity index (χ3v) is 4.69. The van der Waals surface area contributed by atoms with Gasteiger partial charge in [-0.25, -0.2) is 0 Å². The molecule has 1 amide bonds. The monoisotopic (exact) mass is 268 g/mol. The van der Waals surface area contributed by atoms with Crippen LogP contribution in [0.5, 0.6) is 0 Å². The molecular weight excluding hydrogens is 240 g/mol. The number of carbonyl (C=O) groups excluding carboxylic acids is 1. The van der Waals surface area contributed by atoms with Gasteiger partial charge in [0.15, 0.2) is 0 Å². The summed E-state index contributed by atoms with van der Waals surface area (Å²) in [4.78, 5) is 14.3. The van der Waals surface area contributed by atoms with Crippen LogP contribution in [0.25, 0.3) is 0 Å². The second-order valence-corrected chi connectivity index (χ2v) is 6.56. The van der Waals surface area contributed by atoms with Crippen molar-refractivity contribution >= 4 is 5.91 Å². The Morgan fingerprint density at radius 2 is 2.00 bits per heavy atom. The molecule has 0 radical (unpaired) electrons. The summed E-state index contributed by atoms with van der Waals surface area (Å²) in [7, 11) is 1.67. The number of carbonyl (C=O) groups is 1. The molecule has 2 heterocycles. The third kappa shape index (κ3) is 3.93. The summed E-state index contributed by atoms with van der Waals surface area (Å²) >= 11 is 0. The standard InChI is InChI=1S/C15H28N2O2/c1-15(2,19-3)11-14(18)17-9-6-12(7-10-17)13-5-4-8-16-13/h12-13,16H,4-11H2,1-3H3. The maximum absolute atomic E-state index is 12.2. The second-order valence-electron chi connectivity index (χ2n) is 6.56. The van der Waals surface area contributed by atoms with Gasteiger partial charge in [-0.2, -0.15) is 0 Å². The first-order chi connectivity index (χ1) is 9.02. The summed E-state index contributed by atoms with van der Waals surface area (Å²) in [5, 5.41) is 3.59. The minimum absolute atomic E-state index is 0.240. The molecule has 0 aliphatic carbocycles. The highest BCUT2D eigenvalue weighted by Gasteiger charge is 2.31. The molecule has 2 rings (SSSR count). The molecule has 2 fully saturated rings. The lowest BCUT2D eigenvalue weighted by Gasteiger charge is -2.36. The van der Waals surface area contributed by atoms with E-state index in [1.807, 2.05) is 18.7 Å². The van der Waals surface area contributed by atoms with Gasteiger partial charge in [-0.1, -0.05) is 0 Å². The Morgan fingerprint density at radius 3 is 2.53 bits per heavy atom. The zero-order valence-electron chi connectivity index (χ0n) is 12.6. The SMILES string of the molecule is COC(C)(C)CC(=O)N1CCC(C2CCCN2)CC1. The van der Waals surface area contributed by atoms with E-state index in [0.717, 1.165) is 31.8 Å². The summed E-state index contributed by atoms with van der Waals surface area (Å²) in [5.41, 5.74) is -0.346. The third-order valence-electron chi connectivity index (χ3n) is 4.69. The Morgan fingerprint density at radius 1 is 1.32 bits per heavy atom. The van der Waals surface area contributed by atoms with Gasteiger partial charge in [-0.3, -0.25) is 4.79 Å². The first kappa shape index (κ1) is 14.8. The molecule has 2 aliphatic rings. The number of nitrogens with one attached hydrogen (secondary N) is 1. The van der Waals surface area contributed by atoms with Gasteiger partial charge < -0.3 is 15.0 Å². The Labute approximate surface area is 116 Å². The van der Waals surface area contributed by atoms with E-state index in [-0.39, 0.29) is 11.5 Å². The lowest BCUT2D eigenvalue weighted by atomic mass is 9.88. The van der Waals surface area contributed by atoms with Crippen LogP contribution in [0.2, 0.25) is 0 Å². The summed E-state index contributed by atoms with van der Waals surface area (Å²) < 4.78 is 5.34. The summed E-state index contributed by atoms with van der Waals surface area (Å²) in [6.07, 6.45) is 5.41. The van der Waals surface area contributed by atoms with Crippen LogP contribution >= 0.6 is 0 Å². The fraction of sp³-hybridized carbons (Fsp3) is 0.933. The van der Waals surface area contributed by atoms with Gasteiger partial charge >= 0.3 is 0 Å². The molecule has 2 aliphatic heterocycles. The zero-order chi connectivity index (χ0) is 13.9. The van der Waals surface area contributed by atoms with Crippen molar-refractivity contribution in [3.63, 3.8) is 0 Å². The van der Waals surface area contributed by atoms with E-state index in [9.17, 15) is 4.79 Å². The van der Waals surface area contributed by atoms with Gasteiger partial charge in [0.1, 0.15) is 0 Å². The molecular formula is C15H28N2O2. The average molecular weight is 268 g/mol. The fourth-order valence-electron chi connectivity index (χ4n) is 3.21. The molecule has 4 heteroatoms. The molecule has 1 N–H and O–H groups in total. The lowest BCUT2D eigenvalue weighted by molar-refractivity contribution is -0.138. The van der Waals surface area contributed by atoms with Crippen molar-refractivity contribution in [3.8, 4) is 0 Å². The fourth-order valence-corrected chi connectivity index (χ4v) is 3.21. The second kappa shape index (κ2) is 6.23. The normalized spacial score (nSPS) is 25.8. The number of ether oxygens (including phenoxy) is 1. The molecule has 1 unspecified atom stereocenters. The van der Waals surface area contributed by atoms with Crippen LogP contribution in [0, 0.1) is 5.92 Å². The molecule has 0 saturated carbocycles. The molecule has 0 aromatic carbocycles. The zero-order valence-corrected chi connectivity index (χ0v) is 12.6. The van der Waals surface area contributed by atoms with Crippen molar-refractivity contribution in [2.45, 2.75) is 57.6 Å².